The van der Waals surface area contributed by atoms with Crippen molar-refractivity contribution >= 4 is 53.4 Å². The SMILES string of the molecule is CC(C)(C)c1cc(Cc2cc(C(C)(C)C)cc(C(C)(C)C)c2OP(=O)(O)O)c(OP(=O)(O)O)c(C(C)(C)C)c1.[Ca+2].[H-].[H-]. The van der Waals surface area contributed by atoms with E-state index >= 15 is 0 Å². The molecule has 0 spiro atoms. The summed E-state index contributed by atoms with van der Waals surface area (Å²) >= 11 is 0. The van der Waals surface area contributed by atoms with E-state index in [4.69, 9.17) is 9.05 Å². The van der Waals surface area contributed by atoms with Gasteiger partial charge in [-0.25, -0.2) is 9.13 Å². The summed E-state index contributed by atoms with van der Waals surface area (Å²) in [5.41, 5.74) is 2.40. The van der Waals surface area contributed by atoms with Crippen LogP contribution in [-0.4, -0.2) is 57.3 Å². The summed E-state index contributed by atoms with van der Waals surface area (Å²) in [5.74, 6) is 0.119. The molecule has 224 valence electrons. The van der Waals surface area contributed by atoms with Gasteiger partial charge in [0.2, 0.25) is 0 Å². The number of rotatable bonds is 6. The van der Waals surface area contributed by atoms with Crippen LogP contribution >= 0.6 is 15.6 Å². The molecule has 0 saturated heterocycles. The van der Waals surface area contributed by atoms with Crippen molar-refractivity contribution in [2.24, 2.45) is 0 Å². The van der Waals surface area contributed by atoms with Crippen LogP contribution in [0.2, 0.25) is 0 Å². The summed E-state index contributed by atoms with van der Waals surface area (Å²) in [6, 6.07) is 7.52. The zero-order chi connectivity index (χ0) is 30.6. The van der Waals surface area contributed by atoms with Crippen molar-refractivity contribution in [3.05, 3.63) is 57.6 Å². The average Bonchev–Trinajstić information content (AvgIpc) is 2.64. The Bertz CT molecular complexity index is 1220. The Hall–Kier alpha value is -0.400. The quantitative estimate of drug-likeness (QED) is 0.195. The molecule has 2 aromatic rings. The van der Waals surface area contributed by atoms with Crippen LogP contribution in [0.25, 0.3) is 0 Å². The van der Waals surface area contributed by atoms with Gasteiger partial charge in [-0.05, 0) is 43.9 Å². The van der Waals surface area contributed by atoms with Gasteiger partial charge >= 0.3 is 53.4 Å². The number of hydrogen-bond acceptors (Lipinski definition) is 4. The van der Waals surface area contributed by atoms with Crippen LogP contribution in [-0.2, 0) is 37.2 Å². The van der Waals surface area contributed by atoms with Crippen molar-refractivity contribution in [3.8, 4) is 11.5 Å². The maximum atomic E-state index is 12.1. The smallest absolute Gasteiger partial charge is 1.00 e. The molecule has 0 amide bonds. The van der Waals surface area contributed by atoms with E-state index in [1.807, 2.05) is 107 Å². The van der Waals surface area contributed by atoms with Gasteiger partial charge in [0.1, 0.15) is 11.5 Å². The molecule has 0 unspecified atom stereocenters. The summed E-state index contributed by atoms with van der Waals surface area (Å²) in [6.45, 7) is 23.9. The van der Waals surface area contributed by atoms with Crippen molar-refractivity contribution in [3.63, 3.8) is 0 Å². The Balaban J connectivity index is 0. The van der Waals surface area contributed by atoms with Crippen molar-refractivity contribution in [1.82, 2.24) is 0 Å². The molecule has 0 radical (unpaired) electrons. The van der Waals surface area contributed by atoms with E-state index < -0.39 is 26.5 Å². The fourth-order valence-corrected chi connectivity index (χ4v) is 5.19. The van der Waals surface area contributed by atoms with Crippen LogP contribution in [0.5, 0.6) is 11.5 Å². The molecule has 0 aliphatic heterocycles. The van der Waals surface area contributed by atoms with Gasteiger partial charge in [-0.1, -0.05) is 107 Å². The van der Waals surface area contributed by atoms with Crippen molar-refractivity contribution in [2.45, 2.75) is 111 Å². The minimum Gasteiger partial charge on any atom is -1.00 e. The maximum absolute atomic E-state index is 12.1. The second-order valence-electron chi connectivity index (χ2n) is 14.4. The molecule has 8 nitrogen and oxygen atoms in total. The number of hydrogen-bond donors (Lipinski definition) is 4. The van der Waals surface area contributed by atoms with E-state index in [-0.39, 0.29) is 69.3 Å². The molecule has 0 fully saturated rings. The molecule has 2 rings (SSSR count). The standard InChI is InChI=1S/C29H46O8P2.Ca.2H/c1-26(2,3)20-14-18(24(36-38(30,31)32)22(16-20)28(7,8)9)13-19-15-21(27(4,5)6)17-23(29(10,11)12)25(19)37-39(33,34)35;;;/h14-17H,13H2,1-12H3,(H2,30,31,32)(H2,33,34,35);;;/q;+2;2*-1. The van der Waals surface area contributed by atoms with E-state index in [0.29, 0.717) is 22.3 Å². The van der Waals surface area contributed by atoms with E-state index in [1.54, 1.807) is 0 Å². The number of benzene rings is 2. The first-order valence-electron chi connectivity index (χ1n) is 13.0. The summed E-state index contributed by atoms with van der Waals surface area (Å²) < 4.78 is 35.0. The molecule has 0 atom stereocenters. The number of phosphoric ester groups is 2. The van der Waals surface area contributed by atoms with Gasteiger partial charge in [0.05, 0.1) is 0 Å². The Labute approximate surface area is 272 Å². The normalized spacial score (nSPS) is 13.6. The molecule has 40 heavy (non-hydrogen) atoms. The predicted molar refractivity (Wildman–Crippen MR) is 164 cm³/mol. The first-order chi connectivity index (χ1) is 17.1. The van der Waals surface area contributed by atoms with E-state index in [1.165, 1.54) is 0 Å². The molecule has 11 heteroatoms. The Kier molecular flexibility index (Phi) is 11.6. The monoisotopic (exact) mass is 626 g/mol. The first-order valence-corrected chi connectivity index (χ1v) is 16.0. The fraction of sp³-hybridized carbons (Fsp3) is 0.586. The number of phosphoric acid groups is 2. The van der Waals surface area contributed by atoms with Gasteiger partial charge in [-0.15, -0.1) is 0 Å². The van der Waals surface area contributed by atoms with Gasteiger partial charge in [-0.2, -0.15) is 0 Å². The van der Waals surface area contributed by atoms with Crippen LogP contribution < -0.4 is 9.05 Å². The van der Waals surface area contributed by atoms with Crippen LogP contribution in [0.1, 0.15) is 119 Å². The molecule has 0 aromatic heterocycles. The third-order valence-corrected chi connectivity index (χ3v) is 7.32. The van der Waals surface area contributed by atoms with Crippen LogP contribution in [0, 0.1) is 0 Å². The summed E-state index contributed by atoms with van der Waals surface area (Å²) in [5, 5.41) is 0. The molecule has 0 saturated carbocycles. The minimum absolute atomic E-state index is 0. The minimum atomic E-state index is -4.94. The summed E-state index contributed by atoms with van der Waals surface area (Å²) in [6.07, 6.45) is 0.0602. The largest absolute Gasteiger partial charge is 2.00 e. The Morgan fingerprint density at radius 2 is 0.850 bits per heavy atom. The molecule has 0 bridgehead atoms. The zero-order valence-corrected chi connectivity index (χ0v) is 30.0. The Morgan fingerprint density at radius 3 is 1.05 bits per heavy atom. The van der Waals surface area contributed by atoms with E-state index in [0.717, 1.165) is 11.1 Å². The zero-order valence-electron chi connectivity index (χ0n) is 28.0. The van der Waals surface area contributed by atoms with Crippen LogP contribution in [0.3, 0.4) is 0 Å². The van der Waals surface area contributed by atoms with Gasteiger partial charge < -0.3 is 11.9 Å². The first kappa shape index (κ1) is 37.6. The summed E-state index contributed by atoms with van der Waals surface area (Å²) in [7, 11) is -9.89. The second kappa shape index (κ2) is 12.3. The molecule has 4 N–H and O–H groups in total. The summed E-state index contributed by atoms with van der Waals surface area (Å²) in [4.78, 5) is 39.4. The van der Waals surface area contributed by atoms with Gasteiger partial charge in [0.15, 0.2) is 0 Å². The van der Waals surface area contributed by atoms with E-state index in [2.05, 4.69) is 0 Å². The Morgan fingerprint density at radius 1 is 0.575 bits per heavy atom. The third-order valence-electron chi connectivity index (χ3n) is 6.48. The maximum Gasteiger partial charge on any atom is 2.00 e. The third kappa shape index (κ3) is 10.4. The predicted octanol–water partition coefficient (Wildman–Crippen LogP) is 7.25. The molecular weight excluding hydrogens is 578 g/mol. The van der Waals surface area contributed by atoms with Gasteiger partial charge in [-0.3, -0.25) is 19.6 Å². The van der Waals surface area contributed by atoms with E-state index in [9.17, 15) is 28.7 Å². The average molecular weight is 627 g/mol. The van der Waals surface area contributed by atoms with Gasteiger partial charge in [0, 0.05) is 17.5 Å². The molecule has 2 aromatic carbocycles. The van der Waals surface area contributed by atoms with Crippen molar-refractivity contribution in [1.29, 1.82) is 0 Å². The van der Waals surface area contributed by atoms with Crippen LogP contribution in [0.15, 0.2) is 24.3 Å². The molecule has 0 aliphatic carbocycles. The van der Waals surface area contributed by atoms with Crippen LogP contribution in [0.4, 0.5) is 0 Å². The molecule has 0 aliphatic rings. The second-order valence-corrected chi connectivity index (χ2v) is 16.7. The topological polar surface area (TPSA) is 134 Å². The fourth-order valence-electron chi connectivity index (χ4n) is 4.28. The molecular formula is C29H48CaO8P2. The van der Waals surface area contributed by atoms with Crippen molar-refractivity contribution in [2.75, 3.05) is 0 Å². The molecule has 0 heterocycles. The van der Waals surface area contributed by atoms with Gasteiger partial charge in [0.25, 0.3) is 0 Å². The van der Waals surface area contributed by atoms with Crippen molar-refractivity contribution < 1.29 is 40.6 Å².